The van der Waals surface area contributed by atoms with Gasteiger partial charge in [0.2, 0.25) is 21.8 Å². The molecular weight excluding hydrogens is 526 g/mol. The highest BCUT2D eigenvalue weighted by molar-refractivity contribution is 7.89. The van der Waals surface area contributed by atoms with Gasteiger partial charge in [-0.25, -0.2) is 8.42 Å². The number of nitrogens with zero attached hydrogens (tertiary/aromatic N) is 3. The van der Waals surface area contributed by atoms with E-state index in [0.717, 1.165) is 18.4 Å². The Balaban J connectivity index is 2.10. The van der Waals surface area contributed by atoms with E-state index in [9.17, 15) is 18.0 Å². The number of hydrogen-bond donors (Lipinski definition) is 0. The number of carbonyl (C=O) groups is 2. The molecule has 1 aliphatic heterocycles. The van der Waals surface area contributed by atoms with Crippen molar-refractivity contribution < 1.29 is 22.7 Å². The van der Waals surface area contributed by atoms with Crippen LogP contribution in [0.5, 0.6) is 0 Å². The first kappa shape index (κ1) is 32.5. The molecule has 38 heavy (non-hydrogen) atoms. The molecule has 8 nitrogen and oxygen atoms in total. The largest absolute Gasteiger partial charge is 0.383 e. The van der Waals surface area contributed by atoms with Gasteiger partial charge >= 0.3 is 0 Å². The predicted molar refractivity (Wildman–Crippen MR) is 153 cm³/mol. The molecule has 0 aliphatic carbocycles. The van der Waals surface area contributed by atoms with Crippen LogP contribution in [0.4, 0.5) is 0 Å². The number of carbonyl (C=O) groups excluding carboxylic acids is 2. The van der Waals surface area contributed by atoms with Crippen molar-refractivity contribution in [1.82, 2.24) is 14.1 Å². The topological polar surface area (TPSA) is 87.2 Å². The molecule has 0 N–H and O–H groups in total. The number of likely N-dealkylation sites (tertiary alicyclic amines) is 1. The van der Waals surface area contributed by atoms with Crippen LogP contribution in [-0.2, 0) is 30.9 Å². The Kier molecular flexibility index (Phi) is 14.6. The Morgan fingerprint density at radius 1 is 1.03 bits per heavy atom. The van der Waals surface area contributed by atoms with Crippen LogP contribution in [0.2, 0.25) is 5.02 Å². The second kappa shape index (κ2) is 17.1. The zero-order valence-electron chi connectivity index (χ0n) is 23.4. The van der Waals surface area contributed by atoms with Gasteiger partial charge in [-0.15, -0.1) is 0 Å². The number of methoxy groups -OCH3 is 1. The molecule has 0 unspecified atom stereocenters. The molecule has 1 aromatic carbocycles. The van der Waals surface area contributed by atoms with Crippen LogP contribution >= 0.6 is 11.6 Å². The van der Waals surface area contributed by atoms with Crippen LogP contribution in [0.3, 0.4) is 0 Å². The average molecular weight is 572 g/mol. The Morgan fingerprint density at radius 3 is 2.29 bits per heavy atom. The fraction of sp³-hybridized carbons (Fsp3) is 0.714. The van der Waals surface area contributed by atoms with Gasteiger partial charge in [0.15, 0.2) is 0 Å². The van der Waals surface area contributed by atoms with E-state index in [2.05, 4.69) is 6.92 Å². The number of halogens is 1. The second-order valence-corrected chi connectivity index (χ2v) is 12.6. The molecule has 1 fully saturated rings. The number of amides is 2. The maximum atomic E-state index is 13.7. The van der Waals surface area contributed by atoms with E-state index >= 15 is 0 Å². The summed E-state index contributed by atoms with van der Waals surface area (Å²) in [7, 11) is -2.07. The number of ether oxygens (including phenoxy) is 1. The Morgan fingerprint density at radius 2 is 1.68 bits per heavy atom. The first-order chi connectivity index (χ1) is 18.2. The van der Waals surface area contributed by atoms with Gasteiger partial charge in [0.1, 0.15) is 0 Å². The van der Waals surface area contributed by atoms with E-state index in [4.69, 9.17) is 16.3 Å². The summed E-state index contributed by atoms with van der Waals surface area (Å²) < 4.78 is 32.1. The fourth-order valence-electron chi connectivity index (χ4n) is 4.81. The first-order valence-electron chi connectivity index (χ1n) is 14.0. The van der Waals surface area contributed by atoms with Crippen molar-refractivity contribution in [2.45, 2.75) is 84.2 Å². The zero-order valence-corrected chi connectivity index (χ0v) is 24.9. The summed E-state index contributed by atoms with van der Waals surface area (Å²) in [6, 6.07) is 7.27. The summed E-state index contributed by atoms with van der Waals surface area (Å²) in [4.78, 5) is 30.1. The van der Waals surface area contributed by atoms with E-state index in [1.807, 2.05) is 17.0 Å². The summed E-state index contributed by atoms with van der Waals surface area (Å²) in [6.45, 7) is 5.67. The average Bonchev–Trinajstić information content (AvgIpc) is 2.90. The zero-order chi connectivity index (χ0) is 28.0. The molecule has 2 rings (SSSR count). The molecule has 10 heteroatoms. The molecule has 0 saturated carbocycles. The monoisotopic (exact) mass is 571 g/mol. The number of unbranched alkanes of at least 4 members (excludes halogenated alkanes) is 4. The molecule has 0 radical (unpaired) electrons. The Labute approximate surface area is 234 Å². The third-order valence-corrected chi connectivity index (χ3v) is 9.33. The van der Waals surface area contributed by atoms with Crippen LogP contribution < -0.4 is 0 Å². The van der Waals surface area contributed by atoms with Gasteiger partial charge in [0.05, 0.1) is 18.9 Å². The lowest BCUT2D eigenvalue weighted by atomic mass is 10.0. The van der Waals surface area contributed by atoms with Gasteiger partial charge in [0, 0.05) is 50.8 Å². The van der Waals surface area contributed by atoms with Crippen molar-refractivity contribution in [3.63, 3.8) is 0 Å². The van der Waals surface area contributed by atoms with E-state index in [1.165, 1.54) is 30.7 Å². The van der Waals surface area contributed by atoms with Crippen molar-refractivity contribution in [2.24, 2.45) is 0 Å². The molecule has 1 aromatic rings. The van der Waals surface area contributed by atoms with Crippen LogP contribution in [0.15, 0.2) is 24.3 Å². The number of hydrogen-bond acceptors (Lipinski definition) is 5. The van der Waals surface area contributed by atoms with Crippen molar-refractivity contribution >= 4 is 33.4 Å². The molecule has 2 amide bonds. The molecule has 0 spiro atoms. The smallest absolute Gasteiger partial charge is 0.238 e. The molecule has 0 bridgehead atoms. The normalized spacial score (nSPS) is 14.7. The molecule has 1 saturated heterocycles. The van der Waals surface area contributed by atoms with Gasteiger partial charge in [-0.2, -0.15) is 4.31 Å². The van der Waals surface area contributed by atoms with Gasteiger partial charge in [-0.3, -0.25) is 9.59 Å². The quantitative estimate of drug-likeness (QED) is 0.253. The van der Waals surface area contributed by atoms with E-state index in [-0.39, 0.29) is 43.3 Å². The Bertz CT molecular complexity index is 950. The summed E-state index contributed by atoms with van der Waals surface area (Å²) >= 11 is 6.06. The highest BCUT2D eigenvalue weighted by atomic mass is 35.5. The molecule has 1 heterocycles. The van der Waals surface area contributed by atoms with E-state index in [0.29, 0.717) is 50.3 Å². The fourth-order valence-corrected chi connectivity index (χ4v) is 6.37. The third-order valence-electron chi connectivity index (χ3n) is 7.05. The maximum Gasteiger partial charge on any atom is 0.238 e. The highest BCUT2D eigenvalue weighted by Gasteiger charge is 2.32. The maximum absolute atomic E-state index is 13.7. The van der Waals surface area contributed by atoms with Gasteiger partial charge < -0.3 is 14.5 Å². The first-order valence-corrected chi connectivity index (χ1v) is 16.0. The summed E-state index contributed by atoms with van der Waals surface area (Å²) in [5.41, 5.74) is 0.924. The minimum atomic E-state index is -3.58. The van der Waals surface area contributed by atoms with Gasteiger partial charge in [-0.05, 0) is 43.4 Å². The number of benzene rings is 1. The lowest BCUT2D eigenvalue weighted by Gasteiger charge is -2.39. The van der Waals surface area contributed by atoms with Crippen molar-refractivity contribution in [2.75, 3.05) is 45.6 Å². The van der Waals surface area contributed by atoms with Crippen molar-refractivity contribution in [1.29, 1.82) is 0 Å². The van der Waals surface area contributed by atoms with Gasteiger partial charge in [0.25, 0.3) is 0 Å². The van der Waals surface area contributed by atoms with Gasteiger partial charge in [-0.1, -0.05) is 63.3 Å². The van der Waals surface area contributed by atoms with Crippen molar-refractivity contribution in [3.05, 3.63) is 34.9 Å². The molecule has 216 valence electrons. The van der Waals surface area contributed by atoms with Crippen LogP contribution in [0, 0.1) is 0 Å². The minimum Gasteiger partial charge on any atom is -0.383 e. The summed E-state index contributed by atoms with van der Waals surface area (Å²) in [6.07, 6.45) is 7.94. The van der Waals surface area contributed by atoms with Crippen LogP contribution in [-0.4, -0.2) is 86.0 Å². The second-order valence-electron chi connectivity index (χ2n) is 10.1. The molecular formula is C28H46ClN3O5S. The molecule has 0 aromatic heterocycles. The number of piperidine rings is 1. The van der Waals surface area contributed by atoms with E-state index < -0.39 is 10.0 Å². The van der Waals surface area contributed by atoms with Crippen LogP contribution in [0.1, 0.15) is 77.2 Å². The molecule has 1 aliphatic rings. The highest BCUT2D eigenvalue weighted by Crippen LogP contribution is 2.22. The van der Waals surface area contributed by atoms with Crippen LogP contribution in [0.25, 0.3) is 0 Å². The number of sulfonamides is 1. The lowest BCUT2D eigenvalue weighted by Crippen LogP contribution is -2.51. The minimum absolute atomic E-state index is 0.0138. The SMILES string of the molecule is CCCCCCCC(=O)N1CCC(N(Cc2ccc(Cl)cc2)C(=O)CN(CCOC)S(=O)(=O)CCC)CC1. The lowest BCUT2D eigenvalue weighted by molar-refractivity contribution is -0.137. The van der Waals surface area contributed by atoms with Crippen molar-refractivity contribution in [3.8, 4) is 0 Å². The summed E-state index contributed by atoms with van der Waals surface area (Å²) in [5, 5.41) is 0.615. The third kappa shape index (κ3) is 10.8. The standard InChI is InChI=1S/C28H46ClN3O5S/c1-4-6-7-8-9-10-27(33)30-17-15-26(16-18-30)32(22-24-11-13-25(29)14-12-24)28(34)23-31(19-20-37-3)38(35,36)21-5-2/h11-14,26H,4-10,15-23H2,1-3H3. The Hall–Kier alpha value is -1.68. The predicted octanol–water partition coefficient (Wildman–Crippen LogP) is 4.71. The van der Waals surface area contributed by atoms with E-state index in [1.54, 1.807) is 24.0 Å². The number of rotatable bonds is 17. The molecule has 0 atom stereocenters. The summed E-state index contributed by atoms with van der Waals surface area (Å²) in [5.74, 6) is -0.0662.